The lowest BCUT2D eigenvalue weighted by Crippen LogP contribution is -2.34. The Hall–Kier alpha value is -2.83. The summed E-state index contributed by atoms with van der Waals surface area (Å²) < 4.78 is 9.72. The fourth-order valence-corrected chi connectivity index (χ4v) is 2.98. The molecule has 7 heteroatoms. The van der Waals surface area contributed by atoms with Crippen molar-refractivity contribution in [3.05, 3.63) is 46.6 Å². The van der Waals surface area contributed by atoms with E-state index in [4.69, 9.17) is 15.0 Å². The van der Waals surface area contributed by atoms with Crippen LogP contribution >= 0.6 is 0 Å². The molecule has 0 radical (unpaired) electrons. The number of rotatable bonds is 4. The zero-order chi connectivity index (χ0) is 17.1. The second kappa shape index (κ2) is 6.74. The highest BCUT2D eigenvalue weighted by atomic mass is 16.5. The number of nitrogen functional groups attached to an aromatic ring is 1. The maximum Gasteiger partial charge on any atom is 0.346 e. The van der Waals surface area contributed by atoms with Crippen molar-refractivity contribution in [1.29, 1.82) is 0 Å². The third kappa shape index (κ3) is 3.24. The summed E-state index contributed by atoms with van der Waals surface area (Å²) in [5, 5.41) is 6.50. The molecule has 0 saturated heterocycles. The number of esters is 1. The van der Waals surface area contributed by atoms with Crippen molar-refractivity contribution in [3.8, 4) is 0 Å². The van der Waals surface area contributed by atoms with E-state index in [1.165, 1.54) is 5.56 Å². The first-order valence-electron chi connectivity index (χ1n) is 7.82. The number of fused-ring (bicyclic) bond motifs is 1. The van der Waals surface area contributed by atoms with Crippen LogP contribution < -0.4 is 11.1 Å². The molecule has 0 unspecified atom stereocenters. The van der Waals surface area contributed by atoms with Gasteiger partial charge in [0.15, 0.2) is 6.61 Å². The second-order valence-corrected chi connectivity index (χ2v) is 5.79. The first kappa shape index (κ1) is 16.0. The maximum absolute atomic E-state index is 12.1. The molecule has 0 aliphatic heterocycles. The van der Waals surface area contributed by atoms with Gasteiger partial charge in [0, 0.05) is 0 Å². The molecule has 2 aromatic rings. The van der Waals surface area contributed by atoms with Gasteiger partial charge in [-0.2, -0.15) is 0 Å². The van der Waals surface area contributed by atoms with Crippen molar-refractivity contribution >= 4 is 17.8 Å². The molecule has 1 aliphatic carbocycles. The zero-order valence-electron chi connectivity index (χ0n) is 13.4. The van der Waals surface area contributed by atoms with Gasteiger partial charge in [-0.05, 0) is 37.3 Å². The van der Waals surface area contributed by atoms with E-state index in [0.717, 1.165) is 24.8 Å². The molecule has 126 valence electrons. The van der Waals surface area contributed by atoms with Gasteiger partial charge in [-0.3, -0.25) is 4.79 Å². The number of anilines is 1. The van der Waals surface area contributed by atoms with Crippen LogP contribution in [0.15, 0.2) is 28.8 Å². The van der Waals surface area contributed by atoms with Gasteiger partial charge in [0.2, 0.25) is 5.88 Å². The smallest absolute Gasteiger partial charge is 0.346 e. The van der Waals surface area contributed by atoms with Crippen LogP contribution in [0.2, 0.25) is 0 Å². The second-order valence-electron chi connectivity index (χ2n) is 5.79. The Bertz CT molecular complexity index is 749. The Kier molecular flexibility index (Phi) is 4.50. The van der Waals surface area contributed by atoms with Crippen molar-refractivity contribution < 1.29 is 18.8 Å². The standard InChI is InChI=1S/C17H19N3O4/c1-10-15(16(18)24-20-10)17(22)23-9-14(21)19-13-8-4-6-11-5-2-3-7-12(11)13/h2-3,5,7,13H,4,6,8-9,18H2,1H3,(H,19,21)/t13-/m1/s1. The molecule has 0 spiro atoms. The van der Waals surface area contributed by atoms with Gasteiger partial charge in [-0.1, -0.05) is 29.4 Å². The largest absolute Gasteiger partial charge is 0.452 e. The van der Waals surface area contributed by atoms with Crippen molar-refractivity contribution in [2.24, 2.45) is 0 Å². The molecule has 3 rings (SSSR count). The predicted molar refractivity (Wildman–Crippen MR) is 86.2 cm³/mol. The number of carbonyl (C=O) groups excluding carboxylic acids is 2. The molecule has 24 heavy (non-hydrogen) atoms. The number of aromatic nitrogens is 1. The molecule has 0 saturated carbocycles. The number of nitrogens with one attached hydrogen (secondary N) is 1. The highest BCUT2D eigenvalue weighted by molar-refractivity contribution is 5.96. The van der Waals surface area contributed by atoms with Crippen LogP contribution in [0.3, 0.4) is 0 Å². The molecule has 1 atom stereocenters. The van der Waals surface area contributed by atoms with E-state index in [-0.39, 0.29) is 30.0 Å². The van der Waals surface area contributed by atoms with Gasteiger partial charge in [0.1, 0.15) is 5.56 Å². The van der Waals surface area contributed by atoms with Crippen molar-refractivity contribution in [1.82, 2.24) is 10.5 Å². The molecule has 3 N–H and O–H groups in total. The van der Waals surface area contributed by atoms with Crippen LogP contribution in [0, 0.1) is 6.92 Å². The first-order chi connectivity index (χ1) is 11.6. The fraction of sp³-hybridized carbons (Fsp3) is 0.353. The van der Waals surface area contributed by atoms with E-state index in [2.05, 4.69) is 16.5 Å². The quantitative estimate of drug-likeness (QED) is 0.830. The van der Waals surface area contributed by atoms with Crippen molar-refractivity contribution in [3.63, 3.8) is 0 Å². The van der Waals surface area contributed by atoms with Gasteiger partial charge < -0.3 is 20.3 Å². The third-order valence-electron chi connectivity index (χ3n) is 4.13. The number of nitrogens with two attached hydrogens (primary N) is 1. The summed E-state index contributed by atoms with van der Waals surface area (Å²) >= 11 is 0. The third-order valence-corrected chi connectivity index (χ3v) is 4.13. The van der Waals surface area contributed by atoms with Crippen LogP contribution in [-0.2, 0) is 16.0 Å². The molecule has 0 bridgehead atoms. The summed E-state index contributed by atoms with van der Waals surface area (Å²) in [7, 11) is 0. The maximum atomic E-state index is 12.1. The molecule has 1 heterocycles. The van der Waals surface area contributed by atoms with E-state index in [1.807, 2.05) is 18.2 Å². The minimum atomic E-state index is -0.717. The lowest BCUT2D eigenvalue weighted by Gasteiger charge is -2.26. The summed E-state index contributed by atoms with van der Waals surface area (Å²) in [6, 6.07) is 8.00. The molecule has 1 amide bonds. The predicted octanol–water partition coefficient (Wildman–Crippen LogP) is 1.92. The van der Waals surface area contributed by atoms with Crippen molar-refractivity contribution in [2.75, 3.05) is 12.3 Å². The van der Waals surface area contributed by atoms with E-state index in [1.54, 1.807) is 6.92 Å². The summed E-state index contributed by atoms with van der Waals surface area (Å²) in [6.45, 7) is 1.21. The lowest BCUT2D eigenvalue weighted by atomic mass is 9.88. The number of carbonyl (C=O) groups is 2. The van der Waals surface area contributed by atoms with E-state index < -0.39 is 5.97 Å². The molecule has 1 aliphatic rings. The van der Waals surface area contributed by atoms with Gasteiger partial charge in [0.25, 0.3) is 5.91 Å². The number of aryl methyl sites for hydroxylation is 2. The molecule has 7 nitrogen and oxygen atoms in total. The van der Waals surface area contributed by atoms with Crippen molar-refractivity contribution in [2.45, 2.75) is 32.2 Å². The average Bonchev–Trinajstić information content (AvgIpc) is 2.92. The molecule has 1 aromatic carbocycles. The van der Waals surface area contributed by atoms with E-state index in [9.17, 15) is 9.59 Å². The topological polar surface area (TPSA) is 107 Å². The lowest BCUT2D eigenvalue weighted by molar-refractivity contribution is -0.125. The number of ether oxygens (including phenoxy) is 1. The number of amides is 1. The minimum Gasteiger partial charge on any atom is -0.452 e. The number of hydrogen-bond acceptors (Lipinski definition) is 6. The first-order valence-corrected chi connectivity index (χ1v) is 7.82. The summed E-state index contributed by atoms with van der Waals surface area (Å²) in [5.41, 5.74) is 8.29. The highest BCUT2D eigenvalue weighted by Gasteiger charge is 2.23. The van der Waals surface area contributed by atoms with E-state index in [0.29, 0.717) is 5.69 Å². The molecule has 0 fully saturated rings. The number of benzene rings is 1. The number of nitrogens with zero attached hydrogens (tertiary/aromatic N) is 1. The fourth-order valence-electron chi connectivity index (χ4n) is 2.98. The Balaban J connectivity index is 1.58. The van der Waals surface area contributed by atoms with Crippen LogP contribution in [-0.4, -0.2) is 23.6 Å². The minimum absolute atomic E-state index is 0.0523. The van der Waals surface area contributed by atoms with Gasteiger partial charge in [-0.25, -0.2) is 4.79 Å². The summed E-state index contributed by atoms with van der Waals surface area (Å²) in [5.74, 6) is -1.18. The van der Waals surface area contributed by atoms with Gasteiger partial charge >= 0.3 is 5.97 Å². The SMILES string of the molecule is Cc1noc(N)c1C(=O)OCC(=O)N[C@@H]1CCCc2ccccc21. The molecular weight excluding hydrogens is 310 g/mol. The monoisotopic (exact) mass is 329 g/mol. The Morgan fingerprint density at radius 2 is 2.21 bits per heavy atom. The zero-order valence-corrected chi connectivity index (χ0v) is 13.4. The van der Waals surface area contributed by atoms with Gasteiger partial charge in [-0.15, -0.1) is 0 Å². The normalized spacial score (nSPS) is 16.3. The molecular formula is C17H19N3O4. The highest BCUT2D eigenvalue weighted by Crippen LogP contribution is 2.29. The Labute approximate surface area is 139 Å². The Morgan fingerprint density at radius 3 is 2.96 bits per heavy atom. The average molecular weight is 329 g/mol. The van der Waals surface area contributed by atoms with Crippen LogP contribution in [0.1, 0.15) is 46.1 Å². The van der Waals surface area contributed by atoms with Gasteiger partial charge in [0.05, 0.1) is 11.7 Å². The summed E-state index contributed by atoms with van der Waals surface area (Å²) in [4.78, 5) is 24.1. The Morgan fingerprint density at radius 1 is 1.42 bits per heavy atom. The van der Waals surface area contributed by atoms with Crippen LogP contribution in [0.25, 0.3) is 0 Å². The number of hydrogen-bond donors (Lipinski definition) is 2. The molecule has 1 aromatic heterocycles. The van der Waals surface area contributed by atoms with E-state index >= 15 is 0 Å². The van der Waals surface area contributed by atoms with Crippen LogP contribution in [0.4, 0.5) is 5.88 Å². The summed E-state index contributed by atoms with van der Waals surface area (Å²) in [6.07, 6.45) is 2.90. The van der Waals surface area contributed by atoms with Crippen LogP contribution in [0.5, 0.6) is 0 Å².